The van der Waals surface area contributed by atoms with Gasteiger partial charge in [0.1, 0.15) is 0 Å². The van der Waals surface area contributed by atoms with Gasteiger partial charge in [-0.3, -0.25) is 0 Å². The van der Waals surface area contributed by atoms with Crippen molar-refractivity contribution in [1.82, 2.24) is 24.7 Å². The predicted octanol–water partition coefficient (Wildman–Crippen LogP) is 1.82. The third-order valence-corrected chi connectivity index (χ3v) is 2.39. The second kappa shape index (κ2) is 5.94. The number of aromatic nitrogens is 5. The molecule has 2 rings (SSSR count). The summed E-state index contributed by atoms with van der Waals surface area (Å²) in [6.07, 6.45) is -3.48. The van der Waals surface area contributed by atoms with Gasteiger partial charge in [0.2, 0.25) is 5.95 Å². The topological polar surface area (TPSA) is 77.8 Å². The maximum Gasteiger partial charge on any atom is 0.425 e. The largest absolute Gasteiger partial charge is 0.451 e. The van der Waals surface area contributed by atoms with Crippen LogP contribution in [0.3, 0.4) is 0 Å². The summed E-state index contributed by atoms with van der Waals surface area (Å²) in [6.45, 7) is 3.18. The molecule has 2 heterocycles. The van der Waals surface area contributed by atoms with Crippen molar-refractivity contribution in [3.8, 4) is 12.0 Å². The highest BCUT2D eigenvalue weighted by atomic mass is 19.4. The van der Waals surface area contributed by atoms with Crippen LogP contribution in [0, 0.1) is 0 Å². The lowest BCUT2D eigenvalue weighted by Gasteiger charge is -2.16. The van der Waals surface area contributed by atoms with Crippen LogP contribution in [-0.2, 0) is 0 Å². The molecule has 10 heteroatoms. The summed E-state index contributed by atoms with van der Waals surface area (Å²) in [5.74, 6) is 0.178. The highest BCUT2D eigenvalue weighted by molar-refractivity contribution is 5.29. The number of nitrogens with one attached hydrogen (secondary N) is 1. The van der Waals surface area contributed by atoms with Crippen LogP contribution < -0.4 is 10.1 Å². The van der Waals surface area contributed by atoms with E-state index in [1.54, 1.807) is 19.2 Å². The second-order valence-electron chi connectivity index (χ2n) is 4.02. The quantitative estimate of drug-likeness (QED) is 0.907. The molecule has 2 aromatic rings. The fourth-order valence-corrected chi connectivity index (χ4v) is 1.35. The summed E-state index contributed by atoms with van der Waals surface area (Å²) in [5, 5.41) is 6.71. The minimum atomic E-state index is -4.50. The Kier molecular flexibility index (Phi) is 4.24. The Morgan fingerprint density at radius 3 is 2.67 bits per heavy atom. The van der Waals surface area contributed by atoms with Gasteiger partial charge in [0, 0.05) is 18.9 Å². The van der Waals surface area contributed by atoms with Gasteiger partial charge in [0.05, 0.1) is 0 Å². The first kappa shape index (κ1) is 15.0. The standard InChI is InChI=1S/C11H13F3N6O/c1-3-15-8-17-9(20-6-4-5-16-20)19-10(18-8)21-7(2)11(12,13)14/h4-7H,3H2,1-2H3,(H,15,17,18,19). The fraction of sp³-hybridized carbons (Fsp3) is 0.455. The zero-order valence-electron chi connectivity index (χ0n) is 11.3. The highest BCUT2D eigenvalue weighted by Gasteiger charge is 2.38. The van der Waals surface area contributed by atoms with E-state index in [-0.39, 0.29) is 11.9 Å². The molecule has 0 aliphatic carbocycles. The summed E-state index contributed by atoms with van der Waals surface area (Å²) in [5.41, 5.74) is 0. The molecule has 21 heavy (non-hydrogen) atoms. The number of ether oxygens (including phenoxy) is 1. The van der Waals surface area contributed by atoms with Crippen molar-refractivity contribution in [2.45, 2.75) is 26.1 Å². The molecule has 0 aliphatic heterocycles. The van der Waals surface area contributed by atoms with Gasteiger partial charge < -0.3 is 10.1 Å². The Bertz CT molecular complexity index is 586. The second-order valence-corrected chi connectivity index (χ2v) is 4.02. The Morgan fingerprint density at radius 1 is 1.33 bits per heavy atom. The number of hydrogen-bond acceptors (Lipinski definition) is 6. The van der Waals surface area contributed by atoms with Gasteiger partial charge in [-0.05, 0) is 19.9 Å². The Morgan fingerprint density at radius 2 is 2.10 bits per heavy atom. The molecule has 1 unspecified atom stereocenters. The Balaban J connectivity index is 2.32. The van der Waals surface area contributed by atoms with Gasteiger partial charge in [-0.15, -0.1) is 0 Å². The average molecular weight is 302 g/mol. The Labute approximate surface area is 118 Å². The van der Waals surface area contributed by atoms with Crippen molar-refractivity contribution in [2.75, 3.05) is 11.9 Å². The number of anilines is 1. The van der Waals surface area contributed by atoms with Crippen LogP contribution in [-0.4, -0.2) is 43.6 Å². The summed E-state index contributed by atoms with van der Waals surface area (Å²) < 4.78 is 43.6. The minimum absolute atomic E-state index is 0.0651. The van der Waals surface area contributed by atoms with Crippen LogP contribution in [0.15, 0.2) is 18.5 Å². The van der Waals surface area contributed by atoms with Crippen molar-refractivity contribution in [2.24, 2.45) is 0 Å². The molecule has 1 atom stereocenters. The van der Waals surface area contributed by atoms with E-state index < -0.39 is 18.3 Å². The molecular weight excluding hydrogens is 289 g/mol. The van der Waals surface area contributed by atoms with Crippen molar-refractivity contribution in [1.29, 1.82) is 0 Å². The van der Waals surface area contributed by atoms with Crippen LogP contribution >= 0.6 is 0 Å². The van der Waals surface area contributed by atoms with Crippen LogP contribution in [0.4, 0.5) is 19.1 Å². The van der Waals surface area contributed by atoms with Crippen molar-refractivity contribution < 1.29 is 17.9 Å². The lowest BCUT2D eigenvalue weighted by atomic mass is 10.4. The summed E-state index contributed by atoms with van der Waals surface area (Å²) >= 11 is 0. The average Bonchev–Trinajstić information content (AvgIpc) is 2.91. The molecule has 0 aliphatic rings. The predicted molar refractivity (Wildman–Crippen MR) is 67.3 cm³/mol. The molecule has 7 nitrogen and oxygen atoms in total. The van der Waals surface area contributed by atoms with E-state index in [0.717, 1.165) is 6.92 Å². The molecule has 0 saturated heterocycles. The van der Waals surface area contributed by atoms with Crippen LogP contribution in [0.1, 0.15) is 13.8 Å². The lowest BCUT2D eigenvalue weighted by Crippen LogP contribution is -2.32. The van der Waals surface area contributed by atoms with E-state index in [4.69, 9.17) is 4.74 Å². The van der Waals surface area contributed by atoms with Gasteiger partial charge in [-0.1, -0.05) is 0 Å². The molecule has 0 fully saturated rings. The zero-order chi connectivity index (χ0) is 15.5. The molecular formula is C11H13F3N6O. The maximum absolute atomic E-state index is 12.5. The van der Waals surface area contributed by atoms with E-state index in [1.807, 2.05) is 0 Å². The van der Waals surface area contributed by atoms with Crippen molar-refractivity contribution in [3.63, 3.8) is 0 Å². The first-order valence-corrected chi connectivity index (χ1v) is 6.13. The lowest BCUT2D eigenvalue weighted by molar-refractivity contribution is -0.190. The number of hydrogen-bond donors (Lipinski definition) is 1. The smallest absolute Gasteiger partial charge is 0.425 e. The van der Waals surface area contributed by atoms with Crippen LogP contribution in [0.25, 0.3) is 5.95 Å². The van der Waals surface area contributed by atoms with Gasteiger partial charge in [-0.25, -0.2) is 4.68 Å². The third-order valence-electron chi connectivity index (χ3n) is 2.39. The minimum Gasteiger partial charge on any atom is -0.451 e. The van der Waals surface area contributed by atoms with Crippen molar-refractivity contribution >= 4 is 5.95 Å². The van der Waals surface area contributed by atoms with Gasteiger partial charge in [0.25, 0.3) is 5.95 Å². The van der Waals surface area contributed by atoms with Crippen LogP contribution in [0.2, 0.25) is 0 Å². The number of rotatable bonds is 5. The van der Waals surface area contributed by atoms with E-state index >= 15 is 0 Å². The highest BCUT2D eigenvalue weighted by Crippen LogP contribution is 2.23. The van der Waals surface area contributed by atoms with Gasteiger partial charge >= 0.3 is 12.2 Å². The molecule has 0 spiro atoms. The van der Waals surface area contributed by atoms with Crippen LogP contribution in [0.5, 0.6) is 6.01 Å². The van der Waals surface area contributed by atoms with Gasteiger partial charge in [-0.2, -0.15) is 33.2 Å². The molecule has 114 valence electrons. The van der Waals surface area contributed by atoms with E-state index in [0.29, 0.717) is 6.54 Å². The molecule has 0 aromatic carbocycles. The van der Waals surface area contributed by atoms with E-state index in [1.165, 1.54) is 10.9 Å². The molecule has 0 saturated carbocycles. The zero-order valence-corrected chi connectivity index (χ0v) is 11.3. The van der Waals surface area contributed by atoms with Gasteiger partial charge in [0.15, 0.2) is 6.10 Å². The number of alkyl halides is 3. The van der Waals surface area contributed by atoms with Crippen molar-refractivity contribution in [3.05, 3.63) is 18.5 Å². The first-order chi connectivity index (χ1) is 9.90. The SMILES string of the molecule is CCNc1nc(OC(C)C(F)(F)F)nc(-n2cccn2)n1. The number of halogens is 3. The van der Waals surface area contributed by atoms with E-state index in [9.17, 15) is 13.2 Å². The summed E-state index contributed by atoms with van der Waals surface area (Å²) in [6, 6.07) is 1.21. The first-order valence-electron chi connectivity index (χ1n) is 6.13. The third kappa shape index (κ3) is 3.80. The fourth-order valence-electron chi connectivity index (χ4n) is 1.35. The monoisotopic (exact) mass is 302 g/mol. The molecule has 0 amide bonds. The molecule has 0 bridgehead atoms. The summed E-state index contributed by atoms with van der Waals surface area (Å²) in [7, 11) is 0. The summed E-state index contributed by atoms with van der Waals surface area (Å²) in [4.78, 5) is 11.7. The number of nitrogens with zero attached hydrogens (tertiary/aromatic N) is 5. The molecule has 0 radical (unpaired) electrons. The molecule has 2 aromatic heterocycles. The van der Waals surface area contributed by atoms with E-state index in [2.05, 4.69) is 25.4 Å². The maximum atomic E-state index is 12.5. The molecule has 1 N–H and O–H groups in total. The Hall–Kier alpha value is -2.39. The normalized spacial score (nSPS) is 13.0.